The lowest BCUT2D eigenvalue weighted by molar-refractivity contribution is -0.141. The second-order valence-electron chi connectivity index (χ2n) is 8.98. The van der Waals surface area contributed by atoms with E-state index in [-0.39, 0.29) is 50.2 Å². The number of hydrogen-bond donors (Lipinski definition) is 2. The first-order chi connectivity index (χ1) is 21.2. The molecule has 0 aliphatic rings. The van der Waals surface area contributed by atoms with Gasteiger partial charge in [0.2, 0.25) is 5.95 Å². The number of carbonyl (C=O) groups is 3. The fraction of sp³-hybridized carbons (Fsp3) is 0.185. The van der Waals surface area contributed by atoms with Crippen molar-refractivity contribution in [2.24, 2.45) is 0 Å². The van der Waals surface area contributed by atoms with Crippen molar-refractivity contribution in [1.29, 1.82) is 0 Å². The molecule has 4 rings (SSSR count). The standard InChI is InChI=1S/C27H20Cl3F3N6O5S/c1-39(26-35-9-16(25(42)44-3)22(38-26)27(31,32)33)10-12-11-45-21(19(12)30)24(41)37-20-15(6-14(29)7-17(20)43-2)23(40)36-18-5-4-13(28)8-34-18/h4-9,11H,10H2,1-3H3,(H,37,41)(H,34,36,40). The molecule has 4 aromatic rings. The normalized spacial score (nSPS) is 11.1. The number of ether oxygens (including phenoxy) is 2. The lowest BCUT2D eigenvalue weighted by Gasteiger charge is -2.19. The van der Waals surface area contributed by atoms with Crippen molar-refractivity contribution in [1.82, 2.24) is 15.0 Å². The number of pyridine rings is 1. The molecule has 0 bridgehead atoms. The van der Waals surface area contributed by atoms with Crippen molar-refractivity contribution < 1.29 is 37.0 Å². The molecule has 3 heterocycles. The number of nitrogens with one attached hydrogen (secondary N) is 2. The average Bonchev–Trinajstić information content (AvgIpc) is 3.36. The van der Waals surface area contributed by atoms with E-state index in [0.717, 1.165) is 24.6 Å². The number of methoxy groups -OCH3 is 2. The zero-order valence-electron chi connectivity index (χ0n) is 23.3. The van der Waals surface area contributed by atoms with E-state index in [4.69, 9.17) is 39.5 Å². The molecule has 2 N–H and O–H groups in total. The molecule has 0 aliphatic heterocycles. The van der Waals surface area contributed by atoms with Crippen LogP contribution in [-0.2, 0) is 17.5 Å². The Morgan fingerprint density at radius 2 is 1.71 bits per heavy atom. The highest BCUT2D eigenvalue weighted by Crippen LogP contribution is 2.36. The summed E-state index contributed by atoms with van der Waals surface area (Å²) in [7, 11) is 3.66. The van der Waals surface area contributed by atoms with Gasteiger partial charge in [-0.05, 0) is 23.6 Å². The molecule has 0 radical (unpaired) electrons. The molecule has 2 amide bonds. The molecule has 0 saturated heterocycles. The highest BCUT2D eigenvalue weighted by atomic mass is 35.5. The minimum Gasteiger partial charge on any atom is -0.494 e. The molecular weight excluding hydrogens is 684 g/mol. The van der Waals surface area contributed by atoms with Crippen molar-refractivity contribution >= 4 is 81.4 Å². The van der Waals surface area contributed by atoms with Crippen LogP contribution in [-0.4, -0.2) is 54.0 Å². The van der Waals surface area contributed by atoms with Crippen LogP contribution in [0.4, 0.5) is 30.6 Å². The maximum Gasteiger partial charge on any atom is 0.434 e. The van der Waals surface area contributed by atoms with E-state index in [9.17, 15) is 27.6 Å². The summed E-state index contributed by atoms with van der Waals surface area (Å²) in [5.41, 5.74) is -2.01. The first kappa shape index (κ1) is 33.7. The first-order valence-electron chi connectivity index (χ1n) is 12.3. The fourth-order valence-electron chi connectivity index (χ4n) is 3.85. The van der Waals surface area contributed by atoms with Gasteiger partial charge in [0.25, 0.3) is 11.8 Å². The number of benzene rings is 1. The Labute approximate surface area is 272 Å². The van der Waals surface area contributed by atoms with Gasteiger partial charge in [-0.15, -0.1) is 11.3 Å². The molecule has 0 unspecified atom stereocenters. The number of rotatable bonds is 9. The molecule has 0 atom stereocenters. The summed E-state index contributed by atoms with van der Waals surface area (Å²) < 4.78 is 50.5. The summed E-state index contributed by atoms with van der Waals surface area (Å²) >= 11 is 19.5. The van der Waals surface area contributed by atoms with Crippen molar-refractivity contribution in [3.05, 3.63) is 84.4 Å². The van der Waals surface area contributed by atoms with Crippen LogP contribution in [0.2, 0.25) is 15.1 Å². The monoisotopic (exact) mass is 702 g/mol. The minimum atomic E-state index is -4.96. The highest BCUT2D eigenvalue weighted by molar-refractivity contribution is 7.13. The van der Waals surface area contributed by atoms with Gasteiger partial charge >= 0.3 is 12.1 Å². The summed E-state index contributed by atoms with van der Waals surface area (Å²) in [5, 5.41) is 7.25. The number of anilines is 3. The molecule has 18 heteroatoms. The third kappa shape index (κ3) is 7.73. The Balaban J connectivity index is 1.58. The second kappa shape index (κ2) is 13.9. The smallest absolute Gasteiger partial charge is 0.434 e. The Hall–Kier alpha value is -4.18. The summed E-state index contributed by atoms with van der Waals surface area (Å²) in [6, 6.07) is 5.72. The lowest BCUT2D eigenvalue weighted by atomic mass is 10.1. The number of thiophene rings is 1. The average molecular weight is 704 g/mol. The Bertz CT molecular complexity index is 1770. The molecule has 1 aromatic carbocycles. The third-order valence-corrected chi connectivity index (χ3v) is 7.96. The maximum atomic E-state index is 13.6. The minimum absolute atomic E-state index is 0.00382. The fourth-order valence-corrected chi connectivity index (χ4v) is 5.42. The number of amides is 2. The zero-order chi connectivity index (χ0) is 33.1. The molecule has 3 aromatic heterocycles. The van der Waals surface area contributed by atoms with Gasteiger partial charge in [-0.1, -0.05) is 34.8 Å². The predicted molar refractivity (Wildman–Crippen MR) is 163 cm³/mol. The van der Waals surface area contributed by atoms with Gasteiger partial charge in [0.15, 0.2) is 5.69 Å². The van der Waals surface area contributed by atoms with E-state index in [1.807, 2.05) is 0 Å². The number of nitrogens with zero attached hydrogens (tertiary/aromatic N) is 4. The van der Waals surface area contributed by atoms with E-state index >= 15 is 0 Å². The Kier molecular flexibility index (Phi) is 10.4. The van der Waals surface area contributed by atoms with Gasteiger partial charge in [-0.3, -0.25) is 9.59 Å². The summed E-state index contributed by atoms with van der Waals surface area (Å²) in [4.78, 5) is 51.0. The number of esters is 1. The molecule has 45 heavy (non-hydrogen) atoms. The van der Waals surface area contributed by atoms with Crippen LogP contribution >= 0.6 is 46.1 Å². The molecule has 236 valence electrons. The van der Waals surface area contributed by atoms with E-state index in [0.29, 0.717) is 10.6 Å². The van der Waals surface area contributed by atoms with Crippen LogP contribution in [0.25, 0.3) is 0 Å². The highest BCUT2D eigenvalue weighted by Gasteiger charge is 2.39. The van der Waals surface area contributed by atoms with Crippen LogP contribution in [0.15, 0.2) is 42.0 Å². The van der Waals surface area contributed by atoms with E-state index < -0.39 is 35.2 Å². The van der Waals surface area contributed by atoms with E-state index in [1.165, 1.54) is 54.9 Å². The Morgan fingerprint density at radius 3 is 2.33 bits per heavy atom. The summed E-state index contributed by atoms with van der Waals surface area (Å²) in [6.45, 7) is -0.108. The predicted octanol–water partition coefficient (Wildman–Crippen LogP) is 6.85. The van der Waals surface area contributed by atoms with Crippen LogP contribution < -0.4 is 20.3 Å². The molecule has 0 aliphatic carbocycles. The number of hydrogen-bond acceptors (Lipinski definition) is 10. The van der Waals surface area contributed by atoms with E-state index in [1.54, 1.807) is 0 Å². The number of carbonyl (C=O) groups excluding carboxylic acids is 3. The number of aromatic nitrogens is 3. The summed E-state index contributed by atoms with van der Waals surface area (Å²) in [5.74, 6) is -2.73. The van der Waals surface area contributed by atoms with Crippen LogP contribution in [0.5, 0.6) is 5.75 Å². The van der Waals surface area contributed by atoms with Gasteiger partial charge in [0.1, 0.15) is 22.0 Å². The Morgan fingerprint density at radius 1 is 0.978 bits per heavy atom. The van der Waals surface area contributed by atoms with Crippen LogP contribution in [0, 0.1) is 0 Å². The SMILES string of the molecule is COC(=O)c1cnc(N(C)Cc2csc(C(=O)Nc3c(OC)cc(Cl)cc3C(=O)Nc3ccc(Cl)cn3)c2Cl)nc1C(F)(F)F. The second-order valence-corrected chi connectivity index (χ2v) is 11.1. The first-order valence-corrected chi connectivity index (χ1v) is 14.4. The van der Waals surface area contributed by atoms with Gasteiger partial charge in [-0.25, -0.2) is 19.7 Å². The molecule has 11 nitrogen and oxygen atoms in total. The van der Waals surface area contributed by atoms with Crippen molar-refractivity contribution in [3.8, 4) is 5.75 Å². The van der Waals surface area contributed by atoms with Gasteiger partial charge < -0.3 is 25.0 Å². The lowest BCUT2D eigenvalue weighted by Crippen LogP contribution is -2.23. The quantitative estimate of drug-likeness (QED) is 0.180. The maximum absolute atomic E-state index is 13.6. The largest absolute Gasteiger partial charge is 0.494 e. The molecule has 0 saturated carbocycles. The zero-order valence-corrected chi connectivity index (χ0v) is 26.3. The molecule has 0 spiro atoms. The number of halogens is 6. The van der Waals surface area contributed by atoms with E-state index in [2.05, 4.69) is 30.3 Å². The molecular formula is C27H20Cl3F3N6O5S. The van der Waals surface area contributed by atoms with Crippen molar-refractivity contribution in [2.45, 2.75) is 12.7 Å². The van der Waals surface area contributed by atoms with Crippen LogP contribution in [0.3, 0.4) is 0 Å². The van der Waals surface area contributed by atoms with Crippen LogP contribution in [0.1, 0.15) is 41.6 Å². The van der Waals surface area contributed by atoms with Gasteiger partial charge in [0, 0.05) is 42.6 Å². The van der Waals surface area contributed by atoms with Gasteiger partial charge in [-0.2, -0.15) is 13.2 Å². The molecule has 0 fully saturated rings. The van der Waals surface area contributed by atoms with Crippen molar-refractivity contribution in [2.75, 3.05) is 36.8 Å². The summed E-state index contributed by atoms with van der Waals surface area (Å²) in [6.07, 6.45) is -2.90. The van der Waals surface area contributed by atoms with Gasteiger partial charge in [0.05, 0.1) is 35.5 Å². The number of alkyl halides is 3. The topological polar surface area (TPSA) is 136 Å². The van der Waals surface area contributed by atoms with Crippen molar-refractivity contribution in [3.63, 3.8) is 0 Å². The third-order valence-electron chi connectivity index (χ3n) is 5.94.